The van der Waals surface area contributed by atoms with Gasteiger partial charge in [-0.15, -0.1) is 0 Å². The topological polar surface area (TPSA) is 93.1 Å². The molecule has 1 N–H and O–H groups in total. The molecule has 0 spiro atoms. The third-order valence-electron chi connectivity index (χ3n) is 6.49. The van der Waals surface area contributed by atoms with E-state index in [0.29, 0.717) is 11.5 Å². The standard InChI is InChI=1S/C27H29NO6S/c1-18-11-12-20(23(16-27(29)30)22-7-6-9-24(33-3)19(22)2)15-21(18)17-28-13-14-34-25-8-4-5-10-26(25)35(28,31)32/h4-12,15,23H,13-14,16-17H2,1-3H3,(H,29,30). The van der Waals surface area contributed by atoms with Gasteiger partial charge in [0.05, 0.1) is 13.5 Å². The second kappa shape index (κ2) is 10.1. The predicted molar refractivity (Wildman–Crippen MR) is 133 cm³/mol. The van der Waals surface area contributed by atoms with Crippen molar-refractivity contribution in [1.82, 2.24) is 4.31 Å². The highest BCUT2D eigenvalue weighted by Crippen LogP contribution is 2.36. The Kier molecular flexibility index (Phi) is 7.14. The maximum atomic E-state index is 13.4. The van der Waals surface area contributed by atoms with E-state index in [1.54, 1.807) is 31.4 Å². The Bertz CT molecular complexity index is 1350. The number of fused-ring (bicyclic) bond motifs is 1. The molecule has 1 unspecified atom stereocenters. The summed E-state index contributed by atoms with van der Waals surface area (Å²) in [5, 5.41) is 9.67. The van der Waals surface area contributed by atoms with Crippen molar-refractivity contribution in [3.8, 4) is 11.5 Å². The highest BCUT2D eigenvalue weighted by atomic mass is 32.2. The van der Waals surface area contributed by atoms with Crippen molar-refractivity contribution in [2.75, 3.05) is 20.3 Å². The van der Waals surface area contributed by atoms with E-state index in [0.717, 1.165) is 27.8 Å². The predicted octanol–water partition coefficient (Wildman–Crippen LogP) is 4.50. The maximum absolute atomic E-state index is 13.4. The van der Waals surface area contributed by atoms with E-state index in [4.69, 9.17) is 9.47 Å². The first-order valence-corrected chi connectivity index (χ1v) is 12.8. The number of para-hydroxylation sites is 1. The summed E-state index contributed by atoms with van der Waals surface area (Å²) < 4.78 is 39.3. The van der Waals surface area contributed by atoms with Crippen LogP contribution in [0.3, 0.4) is 0 Å². The second-order valence-electron chi connectivity index (χ2n) is 8.64. The Morgan fingerprint density at radius 3 is 2.63 bits per heavy atom. The normalized spacial score (nSPS) is 16.0. The molecule has 0 saturated carbocycles. The van der Waals surface area contributed by atoms with Gasteiger partial charge >= 0.3 is 5.97 Å². The molecule has 0 radical (unpaired) electrons. The fourth-order valence-electron chi connectivity index (χ4n) is 4.54. The zero-order valence-corrected chi connectivity index (χ0v) is 20.8. The van der Waals surface area contributed by atoms with E-state index in [2.05, 4.69) is 0 Å². The molecule has 0 aromatic heterocycles. The van der Waals surface area contributed by atoms with E-state index in [-0.39, 0.29) is 31.0 Å². The van der Waals surface area contributed by atoms with Crippen molar-refractivity contribution in [3.63, 3.8) is 0 Å². The number of carbonyl (C=O) groups is 1. The van der Waals surface area contributed by atoms with Crippen LogP contribution in [0.2, 0.25) is 0 Å². The van der Waals surface area contributed by atoms with E-state index < -0.39 is 21.9 Å². The summed E-state index contributed by atoms with van der Waals surface area (Å²) in [5.41, 5.74) is 4.31. The zero-order valence-electron chi connectivity index (χ0n) is 20.0. The molecule has 1 heterocycles. The van der Waals surface area contributed by atoms with Crippen molar-refractivity contribution < 1.29 is 27.8 Å². The number of carboxylic acids is 1. The van der Waals surface area contributed by atoms with E-state index in [1.165, 1.54) is 4.31 Å². The van der Waals surface area contributed by atoms with Crippen LogP contribution in [0, 0.1) is 13.8 Å². The van der Waals surface area contributed by atoms with Crippen molar-refractivity contribution >= 4 is 16.0 Å². The number of ether oxygens (including phenoxy) is 2. The fraction of sp³-hybridized carbons (Fsp3) is 0.296. The van der Waals surface area contributed by atoms with Crippen molar-refractivity contribution in [2.24, 2.45) is 0 Å². The number of aryl methyl sites for hydroxylation is 1. The number of hydrogen-bond acceptors (Lipinski definition) is 5. The summed E-state index contributed by atoms with van der Waals surface area (Å²) in [4.78, 5) is 12.0. The lowest BCUT2D eigenvalue weighted by Gasteiger charge is -2.23. The lowest BCUT2D eigenvalue weighted by molar-refractivity contribution is -0.137. The number of sulfonamides is 1. The van der Waals surface area contributed by atoms with Gasteiger partial charge in [0.15, 0.2) is 0 Å². The lowest BCUT2D eigenvalue weighted by Crippen LogP contribution is -2.32. The largest absolute Gasteiger partial charge is 0.496 e. The van der Waals surface area contributed by atoms with E-state index >= 15 is 0 Å². The average molecular weight is 496 g/mol. The first-order chi connectivity index (χ1) is 16.7. The Labute approximate surface area is 206 Å². The van der Waals surface area contributed by atoms with Gasteiger partial charge in [-0.3, -0.25) is 4.79 Å². The number of aliphatic carboxylic acids is 1. The monoisotopic (exact) mass is 495 g/mol. The van der Waals surface area contributed by atoms with Crippen LogP contribution in [-0.4, -0.2) is 44.1 Å². The highest BCUT2D eigenvalue weighted by molar-refractivity contribution is 7.89. The summed E-state index contributed by atoms with van der Waals surface area (Å²) in [6.07, 6.45) is -0.0975. The second-order valence-corrected chi connectivity index (χ2v) is 10.6. The quantitative estimate of drug-likeness (QED) is 0.519. The SMILES string of the molecule is COc1cccc(C(CC(=O)O)c2ccc(C)c(CN3CCOc4ccccc4S3(=O)=O)c2)c1C. The molecule has 1 atom stereocenters. The van der Waals surface area contributed by atoms with Crippen molar-refractivity contribution in [1.29, 1.82) is 0 Å². The van der Waals surface area contributed by atoms with Gasteiger partial charge < -0.3 is 14.6 Å². The fourth-order valence-corrected chi connectivity index (χ4v) is 6.08. The molecule has 0 bridgehead atoms. The molecule has 1 aliphatic rings. The van der Waals surface area contributed by atoms with Gasteiger partial charge in [0.25, 0.3) is 0 Å². The summed E-state index contributed by atoms with van der Waals surface area (Å²) in [5.74, 6) is -0.273. The zero-order chi connectivity index (χ0) is 25.2. The molecule has 0 amide bonds. The van der Waals surface area contributed by atoms with Gasteiger partial charge in [-0.1, -0.05) is 42.5 Å². The molecular formula is C27H29NO6S. The molecule has 8 heteroatoms. The minimum absolute atomic E-state index is 0.0975. The van der Waals surface area contributed by atoms with Gasteiger partial charge in [-0.2, -0.15) is 4.31 Å². The summed E-state index contributed by atoms with van der Waals surface area (Å²) in [7, 11) is -2.17. The minimum Gasteiger partial charge on any atom is -0.496 e. The molecule has 1 aliphatic heterocycles. The van der Waals surface area contributed by atoms with Crippen LogP contribution in [0.1, 0.15) is 40.2 Å². The average Bonchev–Trinajstić information content (AvgIpc) is 2.95. The van der Waals surface area contributed by atoms with Crippen LogP contribution in [0.5, 0.6) is 11.5 Å². The lowest BCUT2D eigenvalue weighted by atomic mass is 9.84. The molecule has 3 aromatic rings. The number of benzene rings is 3. The van der Waals surface area contributed by atoms with Crippen LogP contribution in [0.25, 0.3) is 0 Å². The van der Waals surface area contributed by atoms with E-state index in [9.17, 15) is 18.3 Å². The van der Waals surface area contributed by atoms with Crippen molar-refractivity contribution in [2.45, 2.75) is 37.6 Å². The molecule has 7 nitrogen and oxygen atoms in total. The van der Waals surface area contributed by atoms with Crippen LogP contribution < -0.4 is 9.47 Å². The third-order valence-corrected chi connectivity index (χ3v) is 8.37. The van der Waals surface area contributed by atoms with Gasteiger partial charge in [0.1, 0.15) is 23.0 Å². The minimum atomic E-state index is -3.76. The van der Waals surface area contributed by atoms with Crippen LogP contribution >= 0.6 is 0 Å². The number of hydrogen-bond donors (Lipinski definition) is 1. The molecule has 0 aliphatic carbocycles. The van der Waals surface area contributed by atoms with Gasteiger partial charge in [-0.05, 0) is 59.9 Å². The molecule has 35 heavy (non-hydrogen) atoms. The third kappa shape index (κ3) is 5.04. The summed E-state index contributed by atoms with van der Waals surface area (Å²) in [6, 6.07) is 18.0. The Balaban J connectivity index is 1.73. The maximum Gasteiger partial charge on any atom is 0.304 e. The molecular weight excluding hydrogens is 466 g/mol. The van der Waals surface area contributed by atoms with Crippen molar-refractivity contribution in [3.05, 3.63) is 88.5 Å². The van der Waals surface area contributed by atoms with E-state index in [1.807, 2.05) is 50.2 Å². The van der Waals surface area contributed by atoms with Gasteiger partial charge in [0.2, 0.25) is 10.0 Å². The molecule has 4 rings (SSSR count). The Hall–Kier alpha value is -3.36. The van der Waals surface area contributed by atoms with Gasteiger partial charge in [-0.25, -0.2) is 8.42 Å². The molecule has 3 aromatic carbocycles. The van der Waals surface area contributed by atoms with Gasteiger partial charge in [0, 0.05) is 19.0 Å². The first kappa shape index (κ1) is 24.8. The Morgan fingerprint density at radius 1 is 1.11 bits per heavy atom. The first-order valence-electron chi connectivity index (χ1n) is 11.4. The van der Waals surface area contributed by atoms with Crippen LogP contribution in [-0.2, 0) is 21.4 Å². The van der Waals surface area contributed by atoms with Crippen LogP contribution in [0.15, 0.2) is 65.6 Å². The number of carboxylic acid groups (broad SMARTS) is 1. The summed E-state index contributed by atoms with van der Waals surface area (Å²) in [6.45, 7) is 4.47. The molecule has 0 fully saturated rings. The Morgan fingerprint density at radius 2 is 1.89 bits per heavy atom. The highest BCUT2D eigenvalue weighted by Gasteiger charge is 2.31. The smallest absolute Gasteiger partial charge is 0.304 e. The molecule has 184 valence electrons. The number of rotatable bonds is 7. The van der Waals surface area contributed by atoms with Crippen LogP contribution in [0.4, 0.5) is 0 Å². The molecule has 0 saturated heterocycles. The number of nitrogens with zero attached hydrogens (tertiary/aromatic N) is 1. The summed E-state index contributed by atoms with van der Waals surface area (Å²) >= 11 is 0. The number of methoxy groups -OCH3 is 1.